The van der Waals surface area contributed by atoms with Crippen molar-refractivity contribution in [2.45, 2.75) is 53.0 Å². The van der Waals surface area contributed by atoms with Crippen molar-refractivity contribution in [1.82, 2.24) is 5.32 Å². The highest BCUT2D eigenvalue weighted by molar-refractivity contribution is 5.75. The van der Waals surface area contributed by atoms with E-state index in [1.807, 2.05) is 6.92 Å². The zero-order valence-corrected chi connectivity index (χ0v) is 10.3. The van der Waals surface area contributed by atoms with Gasteiger partial charge < -0.3 is 5.32 Å². The van der Waals surface area contributed by atoms with Crippen LogP contribution in [0.4, 0.5) is 0 Å². The van der Waals surface area contributed by atoms with Gasteiger partial charge in [-0.1, -0.05) is 27.7 Å². The predicted molar refractivity (Wildman–Crippen MR) is 61.4 cm³/mol. The number of hydrogen-bond donors (Lipinski definition) is 1. The van der Waals surface area contributed by atoms with Crippen molar-refractivity contribution in [3.05, 3.63) is 0 Å². The molecule has 0 spiro atoms. The molecule has 1 amide bonds. The first-order valence-electron chi connectivity index (χ1n) is 6.26. The molecule has 0 saturated heterocycles. The molecule has 4 atom stereocenters. The zero-order valence-electron chi connectivity index (χ0n) is 10.3. The minimum absolute atomic E-state index is 0.214. The highest BCUT2D eigenvalue weighted by Gasteiger charge is 2.56. The maximum absolute atomic E-state index is 11.4. The van der Waals surface area contributed by atoms with Gasteiger partial charge in [0.25, 0.3) is 0 Å². The van der Waals surface area contributed by atoms with E-state index in [4.69, 9.17) is 0 Å². The van der Waals surface area contributed by atoms with Crippen LogP contribution >= 0.6 is 0 Å². The molecule has 2 heteroatoms. The molecule has 3 saturated carbocycles. The van der Waals surface area contributed by atoms with Gasteiger partial charge in [0, 0.05) is 12.5 Å². The lowest BCUT2D eigenvalue weighted by atomic mass is 9.45. The average Bonchev–Trinajstić information content (AvgIpc) is 2.19. The van der Waals surface area contributed by atoms with Gasteiger partial charge >= 0.3 is 0 Å². The minimum atomic E-state index is 0.214. The Morgan fingerprint density at radius 1 is 1.40 bits per heavy atom. The molecular weight excluding hydrogens is 186 g/mol. The monoisotopic (exact) mass is 209 g/mol. The standard InChI is InChI=1S/C13H23NO/c1-5-12(15)14-11-7-9-6-10(8(11)2)13(9,3)4/h8-11H,5-7H2,1-4H3,(H,14,15)/t8-,9+,10-,11?/m1/s1. The van der Waals surface area contributed by atoms with Gasteiger partial charge in [-0.15, -0.1) is 0 Å². The molecule has 3 aliphatic carbocycles. The van der Waals surface area contributed by atoms with E-state index in [1.54, 1.807) is 0 Å². The first kappa shape index (κ1) is 11.0. The topological polar surface area (TPSA) is 29.1 Å². The Morgan fingerprint density at radius 2 is 2.07 bits per heavy atom. The second kappa shape index (κ2) is 3.50. The van der Waals surface area contributed by atoms with Crippen molar-refractivity contribution >= 4 is 5.91 Å². The molecule has 15 heavy (non-hydrogen) atoms. The number of fused-ring (bicyclic) bond motifs is 2. The molecular formula is C13H23NO. The summed E-state index contributed by atoms with van der Waals surface area (Å²) in [6.07, 6.45) is 3.19. The fraction of sp³-hybridized carbons (Fsp3) is 0.923. The van der Waals surface area contributed by atoms with Gasteiger partial charge in [0.2, 0.25) is 5.91 Å². The molecule has 1 N–H and O–H groups in total. The van der Waals surface area contributed by atoms with Crippen molar-refractivity contribution < 1.29 is 4.79 Å². The van der Waals surface area contributed by atoms with Crippen molar-refractivity contribution in [3.8, 4) is 0 Å². The van der Waals surface area contributed by atoms with Gasteiger partial charge in [-0.25, -0.2) is 0 Å². The molecule has 3 aliphatic rings. The number of nitrogens with one attached hydrogen (secondary N) is 1. The Hall–Kier alpha value is -0.530. The van der Waals surface area contributed by atoms with Crippen LogP contribution in [0, 0.1) is 23.2 Å². The molecule has 3 fully saturated rings. The van der Waals surface area contributed by atoms with Crippen molar-refractivity contribution in [2.24, 2.45) is 23.2 Å². The Kier molecular flexibility index (Phi) is 2.56. The van der Waals surface area contributed by atoms with E-state index in [2.05, 4.69) is 26.1 Å². The van der Waals surface area contributed by atoms with Crippen LogP contribution in [-0.4, -0.2) is 11.9 Å². The van der Waals surface area contributed by atoms with E-state index in [0.29, 0.717) is 23.8 Å². The first-order chi connectivity index (χ1) is 6.96. The molecule has 0 radical (unpaired) electrons. The summed E-state index contributed by atoms with van der Waals surface area (Å²) in [4.78, 5) is 11.4. The van der Waals surface area contributed by atoms with Crippen LogP contribution in [0.2, 0.25) is 0 Å². The second-order valence-electron chi connectivity index (χ2n) is 5.98. The highest BCUT2D eigenvalue weighted by Crippen LogP contribution is 2.61. The van der Waals surface area contributed by atoms with Gasteiger partial charge in [0.1, 0.15) is 0 Å². The Morgan fingerprint density at radius 3 is 2.53 bits per heavy atom. The second-order valence-corrected chi connectivity index (χ2v) is 5.98. The maximum Gasteiger partial charge on any atom is 0.219 e. The van der Waals surface area contributed by atoms with Crippen LogP contribution in [0.25, 0.3) is 0 Å². The number of amides is 1. The van der Waals surface area contributed by atoms with Gasteiger partial charge in [-0.05, 0) is 36.0 Å². The van der Waals surface area contributed by atoms with E-state index < -0.39 is 0 Å². The predicted octanol–water partition coefficient (Wildman–Crippen LogP) is 2.58. The van der Waals surface area contributed by atoms with E-state index in [0.717, 1.165) is 11.8 Å². The fourth-order valence-corrected chi connectivity index (χ4v) is 3.65. The van der Waals surface area contributed by atoms with Gasteiger partial charge in [0.15, 0.2) is 0 Å². The summed E-state index contributed by atoms with van der Waals surface area (Å²) in [7, 11) is 0. The smallest absolute Gasteiger partial charge is 0.219 e. The van der Waals surface area contributed by atoms with Crippen LogP contribution in [-0.2, 0) is 4.79 Å². The minimum Gasteiger partial charge on any atom is -0.353 e. The van der Waals surface area contributed by atoms with E-state index in [1.165, 1.54) is 12.8 Å². The molecule has 0 aromatic rings. The average molecular weight is 209 g/mol. The number of rotatable bonds is 2. The summed E-state index contributed by atoms with van der Waals surface area (Å²) in [5.74, 6) is 2.52. The third kappa shape index (κ3) is 1.58. The zero-order chi connectivity index (χ0) is 11.2. The fourth-order valence-electron chi connectivity index (χ4n) is 3.65. The number of carbonyl (C=O) groups excluding carboxylic acids is 1. The van der Waals surface area contributed by atoms with Gasteiger partial charge in [-0.2, -0.15) is 0 Å². The van der Waals surface area contributed by atoms with E-state index >= 15 is 0 Å². The molecule has 2 bridgehead atoms. The molecule has 2 nitrogen and oxygen atoms in total. The first-order valence-corrected chi connectivity index (χ1v) is 6.26. The number of carbonyl (C=O) groups is 1. The SMILES string of the molecule is CCC(=O)NC1C[C@@H]2C[C@H]([C@H]1C)C2(C)C. The van der Waals surface area contributed by atoms with Crippen LogP contribution in [0.5, 0.6) is 0 Å². The lowest BCUT2D eigenvalue weighted by Crippen LogP contribution is -2.60. The summed E-state index contributed by atoms with van der Waals surface area (Å²) >= 11 is 0. The van der Waals surface area contributed by atoms with Crippen molar-refractivity contribution in [1.29, 1.82) is 0 Å². The van der Waals surface area contributed by atoms with Crippen molar-refractivity contribution in [3.63, 3.8) is 0 Å². The molecule has 0 heterocycles. The molecule has 3 rings (SSSR count). The van der Waals surface area contributed by atoms with Crippen LogP contribution in [0.15, 0.2) is 0 Å². The quantitative estimate of drug-likeness (QED) is 0.744. The van der Waals surface area contributed by atoms with Gasteiger partial charge in [0.05, 0.1) is 0 Å². The maximum atomic E-state index is 11.4. The molecule has 0 aromatic carbocycles. The summed E-state index contributed by atoms with van der Waals surface area (Å²) in [5.41, 5.74) is 0.521. The summed E-state index contributed by atoms with van der Waals surface area (Å²) in [5, 5.41) is 3.18. The van der Waals surface area contributed by atoms with Crippen LogP contribution < -0.4 is 5.32 Å². The molecule has 1 unspecified atom stereocenters. The highest BCUT2D eigenvalue weighted by atomic mass is 16.1. The summed E-state index contributed by atoms with van der Waals surface area (Å²) in [6, 6.07) is 0.439. The van der Waals surface area contributed by atoms with Crippen molar-refractivity contribution in [2.75, 3.05) is 0 Å². The molecule has 0 aliphatic heterocycles. The lowest BCUT2D eigenvalue weighted by molar-refractivity contribution is -0.133. The van der Waals surface area contributed by atoms with Crippen LogP contribution in [0.3, 0.4) is 0 Å². The summed E-state index contributed by atoms with van der Waals surface area (Å²) < 4.78 is 0. The Labute approximate surface area is 92.8 Å². The van der Waals surface area contributed by atoms with E-state index in [9.17, 15) is 4.79 Å². The third-order valence-electron chi connectivity index (χ3n) is 5.02. The number of hydrogen-bond acceptors (Lipinski definition) is 1. The third-order valence-corrected chi connectivity index (χ3v) is 5.02. The summed E-state index contributed by atoms with van der Waals surface area (Å²) in [6.45, 7) is 9.01. The van der Waals surface area contributed by atoms with E-state index in [-0.39, 0.29) is 5.91 Å². The Bertz CT molecular complexity index is 272. The molecule has 0 aromatic heterocycles. The Balaban J connectivity index is 1.99. The largest absolute Gasteiger partial charge is 0.353 e. The normalized spacial score (nSPS) is 41.9. The van der Waals surface area contributed by atoms with Gasteiger partial charge in [-0.3, -0.25) is 4.79 Å². The van der Waals surface area contributed by atoms with Crippen LogP contribution in [0.1, 0.15) is 47.0 Å². The lowest BCUT2D eigenvalue weighted by Gasteiger charge is -2.62. The molecule has 86 valence electrons.